The van der Waals surface area contributed by atoms with Gasteiger partial charge < -0.3 is 0 Å². The molecule has 0 atom stereocenters. The Bertz CT molecular complexity index is 62.7. The summed E-state index contributed by atoms with van der Waals surface area (Å²) in [5, 5.41) is 0. The fourth-order valence-electron chi connectivity index (χ4n) is 0. The van der Waals surface area contributed by atoms with Gasteiger partial charge in [-0.15, -0.1) is 0 Å². The van der Waals surface area contributed by atoms with Crippen molar-refractivity contribution < 1.29 is 34.7 Å². The quantitative estimate of drug-likeness (QED) is 0.493. The predicted octanol–water partition coefficient (Wildman–Crippen LogP) is 2.52. The molecule has 0 aliphatic carbocycles. The molecule has 0 aromatic carbocycles. The van der Waals surface area contributed by atoms with Gasteiger partial charge in [0, 0.05) is 0 Å². The first kappa shape index (κ1) is 7.09. The summed E-state index contributed by atoms with van der Waals surface area (Å²) in [5.41, 5.74) is 0. The van der Waals surface area contributed by atoms with Crippen LogP contribution in [0.1, 0.15) is 0 Å². The van der Waals surface area contributed by atoms with Crippen LogP contribution >= 0.6 is 0 Å². The number of hydrogen-bond acceptors (Lipinski definition) is 0. The topological polar surface area (TPSA) is 0 Å². The Morgan fingerprint density at radius 1 is 0.571 bits per heavy atom. The summed E-state index contributed by atoms with van der Waals surface area (Å²) in [7, 11) is 0. The van der Waals surface area contributed by atoms with Crippen LogP contribution in [0.4, 0.5) is 21.5 Å². The first-order chi connectivity index (χ1) is 2.45. The van der Waals surface area contributed by atoms with Crippen molar-refractivity contribution in [3.63, 3.8) is 0 Å². The molecule has 0 unspecified atom stereocenters. The van der Waals surface area contributed by atoms with Crippen LogP contribution < -0.4 is 0 Å². The first-order valence-corrected chi connectivity index (χ1v) is 3.12. The Morgan fingerprint density at radius 3 is 0.571 bits per heavy atom. The van der Waals surface area contributed by atoms with E-state index in [1.54, 1.807) is 0 Å². The van der Waals surface area contributed by atoms with Crippen molar-refractivity contribution in [1.82, 2.24) is 0 Å². The molecule has 0 fully saturated rings. The Morgan fingerprint density at radius 2 is 0.571 bits per heavy atom. The van der Waals surface area contributed by atoms with Gasteiger partial charge in [0.2, 0.25) is 0 Å². The SMILES string of the molecule is [F][Co]([F])([F])([F])([F])[F]. The van der Waals surface area contributed by atoms with E-state index < -0.39 is 13.2 Å². The Balaban J connectivity index is 4.43. The van der Waals surface area contributed by atoms with Crippen LogP contribution in [0.2, 0.25) is 0 Å². The minimum absolute atomic E-state index is 9.86. The van der Waals surface area contributed by atoms with Crippen molar-refractivity contribution in [2.45, 2.75) is 0 Å². The second-order valence-corrected chi connectivity index (χ2v) is 2.95. The summed E-state index contributed by atoms with van der Waals surface area (Å²) < 4.78 is 59.2. The molecular weight excluding hydrogens is 173 g/mol. The van der Waals surface area contributed by atoms with E-state index in [1.165, 1.54) is 0 Å². The van der Waals surface area contributed by atoms with Crippen molar-refractivity contribution in [3.8, 4) is 0 Å². The molecule has 0 nitrogen and oxygen atoms in total. The van der Waals surface area contributed by atoms with Gasteiger partial charge in [0.05, 0.1) is 0 Å². The third kappa shape index (κ3) is 13600. The molecule has 0 heterocycles. The van der Waals surface area contributed by atoms with Gasteiger partial charge in [-0.2, -0.15) is 0 Å². The van der Waals surface area contributed by atoms with E-state index >= 15 is 0 Å². The molecule has 0 aliphatic rings. The second kappa shape index (κ2) is 0.692. The van der Waals surface area contributed by atoms with Gasteiger partial charge >= 0.3 is 34.7 Å². The standard InChI is InChI=1S/Co.6FH/h;6*1H/q+6;;;;;;/p-6. The van der Waals surface area contributed by atoms with Gasteiger partial charge in [-0.1, -0.05) is 0 Å². The summed E-state index contributed by atoms with van der Waals surface area (Å²) in [4.78, 5) is 0. The van der Waals surface area contributed by atoms with Crippen LogP contribution in [0, 0.1) is 0 Å². The van der Waals surface area contributed by atoms with Crippen molar-refractivity contribution >= 4 is 0 Å². The molecule has 0 amide bonds. The van der Waals surface area contributed by atoms with Crippen LogP contribution in [0.5, 0.6) is 0 Å². The monoisotopic (exact) mass is 173 g/mol. The molecular formula is CoF6. The maximum atomic E-state index is 9.86. The average molecular weight is 173 g/mol. The molecule has 0 N–H and O–H groups in total. The molecule has 51 valence electrons. The van der Waals surface area contributed by atoms with E-state index in [2.05, 4.69) is 0 Å². The van der Waals surface area contributed by atoms with Gasteiger partial charge in [-0.3, -0.25) is 0 Å². The molecule has 7 heteroatoms. The molecule has 0 rings (SSSR count). The zero-order chi connectivity index (χ0) is 6.41. The zero-order valence-corrected chi connectivity index (χ0v) is 3.64. The first-order valence-electron chi connectivity index (χ1n) is 0.756. The van der Waals surface area contributed by atoms with E-state index in [-0.39, 0.29) is 0 Å². The summed E-state index contributed by atoms with van der Waals surface area (Å²) in [5.74, 6) is 0. The van der Waals surface area contributed by atoms with E-state index in [9.17, 15) is 21.5 Å². The minimum atomic E-state index is -10.6. The number of rotatable bonds is 0. The Kier molecular flexibility index (Phi) is 0.700. The molecule has 0 saturated carbocycles. The van der Waals surface area contributed by atoms with Crippen LogP contribution in [0.15, 0.2) is 0 Å². The van der Waals surface area contributed by atoms with Gasteiger partial charge in [0.25, 0.3) is 0 Å². The van der Waals surface area contributed by atoms with Crippen molar-refractivity contribution in [1.29, 1.82) is 0 Å². The maximum absolute atomic E-state index is 10.6. The summed E-state index contributed by atoms with van der Waals surface area (Å²) in [6.45, 7) is 0. The van der Waals surface area contributed by atoms with Crippen LogP contribution in [0.25, 0.3) is 0 Å². The van der Waals surface area contributed by atoms with E-state index in [0.717, 1.165) is 0 Å². The average Bonchev–Trinajstić information content (AvgIpc) is 0.592. The van der Waals surface area contributed by atoms with E-state index in [4.69, 9.17) is 0 Å². The fraction of sp³-hybridized carbons (Fsp3) is 0. The van der Waals surface area contributed by atoms with Crippen LogP contribution in [-0.2, 0) is 13.2 Å². The molecule has 0 aromatic heterocycles. The molecule has 0 spiro atoms. The molecule has 0 radical (unpaired) electrons. The molecule has 0 aliphatic heterocycles. The van der Waals surface area contributed by atoms with Crippen molar-refractivity contribution in [3.05, 3.63) is 0 Å². The molecule has 7 heavy (non-hydrogen) atoms. The second-order valence-electron chi connectivity index (χ2n) is 0.714. The third-order valence-electron chi connectivity index (χ3n) is 0. The molecule has 0 aromatic rings. The van der Waals surface area contributed by atoms with Gasteiger partial charge in [-0.25, -0.2) is 0 Å². The molecule has 0 saturated heterocycles. The normalized spacial score (nSPS) is 23.1. The van der Waals surface area contributed by atoms with Crippen molar-refractivity contribution in [2.75, 3.05) is 0 Å². The van der Waals surface area contributed by atoms with Crippen molar-refractivity contribution in [2.24, 2.45) is 0 Å². The third-order valence-corrected chi connectivity index (χ3v) is 0. The fourth-order valence-corrected chi connectivity index (χ4v) is 0. The summed E-state index contributed by atoms with van der Waals surface area (Å²) in [6.07, 6.45) is 0. The Hall–Kier alpha value is 0.0865. The Labute approximate surface area is 35.8 Å². The predicted molar refractivity (Wildman–Crippen MR) is 6.65 cm³/mol. The summed E-state index contributed by atoms with van der Waals surface area (Å²) in [6, 6.07) is 0. The van der Waals surface area contributed by atoms with Gasteiger partial charge in [0.1, 0.15) is 0 Å². The van der Waals surface area contributed by atoms with E-state index in [1.807, 2.05) is 0 Å². The van der Waals surface area contributed by atoms with Gasteiger partial charge in [-0.05, 0) is 0 Å². The summed E-state index contributed by atoms with van der Waals surface area (Å²) >= 11 is -10.6. The van der Waals surface area contributed by atoms with Gasteiger partial charge in [0.15, 0.2) is 0 Å². The zero-order valence-electron chi connectivity index (χ0n) is 2.60. The van der Waals surface area contributed by atoms with Crippen LogP contribution in [-0.4, -0.2) is 0 Å². The number of hydrogen-bond donors (Lipinski definition) is 0. The van der Waals surface area contributed by atoms with Crippen LogP contribution in [0.3, 0.4) is 0 Å². The van der Waals surface area contributed by atoms with E-state index in [0.29, 0.717) is 0 Å². The molecule has 0 bridgehead atoms. The number of halogens is 6.